The number of hydrazine groups is 1. The molecule has 2 atom stereocenters. The zero-order valence-electron chi connectivity index (χ0n) is 22.2. The van der Waals surface area contributed by atoms with Gasteiger partial charge in [-0.3, -0.25) is 9.59 Å². The van der Waals surface area contributed by atoms with E-state index in [1.165, 1.54) is 0 Å². The second kappa shape index (κ2) is 12.5. The lowest BCUT2D eigenvalue weighted by Crippen LogP contribution is -2.58. The number of H-pyrrole nitrogens is 1. The molecule has 0 bridgehead atoms. The number of likely N-dealkylation sites (N-methyl/N-ethyl adjacent to an activating group) is 2. The third-order valence-corrected chi connectivity index (χ3v) is 6.97. The Hall–Kier alpha value is -3.94. The number of amides is 1. The largest absolute Gasteiger partial charge is 0.480 e. The summed E-state index contributed by atoms with van der Waals surface area (Å²) in [6, 6.07) is 26.1. The molecule has 1 aromatic heterocycles. The Balaban J connectivity index is 1.60. The molecule has 0 unspecified atom stereocenters. The second-order valence-electron chi connectivity index (χ2n) is 9.67. The highest BCUT2D eigenvalue weighted by molar-refractivity contribution is 5.86. The number of hydrogen-bond donors (Lipinski definition) is 3. The molecule has 38 heavy (non-hydrogen) atoms. The Morgan fingerprint density at radius 1 is 0.895 bits per heavy atom. The SMILES string of the molecule is CCN(N[C@@H](Cc1c(C)[nH]c2ccccc12)C(=O)O)[C@@H](Cc1ccccc1)C(=O)N(C)Cc1ccccc1. The van der Waals surface area contributed by atoms with Crippen LogP contribution in [0, 0.1) is 6.92 Å². The van der Waals surface area contributed by atoms with E-state index in [0.717, 1.165) is 33.3 Å². The number of carbonyl (C=O) groups is 2. The summed E-state index contributed by atoms with van der Waals surface area (Å²) < 4.78 is 0. The molecule has 4 rings (SSSR count). The fourth-order valence-corrected chi connectivity index (χ4v) is 4.95. The molecule has 0 saturated carbocycles. The van der Waals surface area contributed by atoms with Crippen molar-refractivity contribution in [3.8, 4) is 0 Å². The Morgan fingerprint density at radius 2 is 1.50 bits per heavy atom. The minimum Gasteiger partial charge on any atom is -0.480 e. The summed E-state index contributed by atoms with van der Waals surface area (Å²) >= 11 is 0. The zero-order valence-corrected chi connectivity index (χ0v) is 22.2. The van der Waals surface area contributed by atoms with Crippen LogP contribution < -0.4 is 5.43 Å². The molecule has 0 aliphatic heterocycles. The average Bonchev–Trinajstić information content (AvgIpc) is 3.25. The fourth-order valence-electron chi connectivity index (χ4n) is 4.95. The molecular weight excluding hydrogens is 476 g/mol. The number of aliphatic carboxylic acids is 1. The number of aromatic amines is 1. The number of carboxylic acid groups (broad SMARTS) is 1. The van der Waals surface area contributed by atoms with Crippen LogP contribution in [0.15, 0.2) is 84.9 Å². The van der Waals surface area contributed by atoms with E-state index in [4.69, 9.17) is 0 Å². The summed E-state index contributed by atoms with van der Waals surface area (Å²) in [4.78, 5) is 31.4. The number of aromatic nitrogens is 1. The van der Waals surface area contributed by atoms with Crippen LogP contribution in [0.25, 0.3) is 10.9 Å². The van der Waals surface area contributed by atoms with E-state index in [1.807, 2.05) is 98.8 Å². The molecule has 3 aromatic carbocycles. The number of nitrogens with zero attached hydrogens (tertiary/aromatic N) is 2. The van der Waals surface area contributed by atoms with E-state index >= 15 is 0 Å². The third kappa shape index (κ3) is 6.49. The summed E-state index contributed by atoms with van der Waals surface area (Å²) in [7, 11) is 1.80. The predicted octanol–water partition coefficient (Wildman–Crippen LogP) is 4.57. The number of benzene rings is 3. The van der Waals surface area contributed by atoms with Gasteiger partial charge in [0.15, 0.2) is 0 Å². The number of carbonyl (C=O) groups excluding carboxylic acids is 1. The lowest BCUT2D eigenvalue weighted by atomic mass is 10.0. The first kappa shape index (κ1) is 27.1. The molecule has 0 fully saturated rings. The van der Waals surface area contributed by atoms with E-state index in [9.17, 15) is 14.7 Å². The molecule has 0 radical (unpaired) electrons. The number of nitrogens with one attached hydrogen (secondary N) is 2. The van der Waals surface area contributed by atoms with Crippen molar-refractivity contribution in [2.24, 2.45) is 0 Å². The van der Waals surface area contributed by atoms with Gasteiger partial charge in [-0.15, -0.1) is 0 Å². The van der Waals surface area contributed by atoms with E-state index < -0.39 is 18.1 Å². The molecule has 1 heterocycles. The zero-order chi connectivity index (χ0) is 27.1. The minimum absolute atomic E-state index is 0.0699. The number of para-hydroxylation sites is 1. The average molecular weight is 513 g/mol. The Morgan fingerprint density at radius 3 is 2.13 bits per heavy atom. The van der Waals surface area contributed by atoms with Crippen LogP contribution in [-0.2, 0) is 29.0 Å². The summed E-state index contributed by atoms with van der Waals surface area (Å²) in [5.74, 6) is -1.03. The predicted molar refractivity (Wildman–Crippen MR) is 151 cm³/mol. The molecule has 4 aromatic rings. The standard InChI is InChI=1S/C31H36N4O3/c1-4-35(33-28(31(37)38)20-26-22(2)32-27-18-12-11-17-25(26)27)29(19-23-13-7-5-8-14-23)30(36)34(3)21-24-15-9-6-10-16-24/h5-18,28-29,32-33H,4,19-21H2,1-3H3,(H,37,38)/t28-,29-/m0/s1. The van der Waals surface area contributed by atoms with Gasteiger partial charge in [-0.2, -0.15) is 0 Å². The lowest BCUT2D eigenvalue weighted by molar-refractivity contribution is -0.145. The number of hydrogen-bond acceptors (Lipinski definition) is 4. The first-order valence-corrected chi connectivity index (χ1v) is 13.0. The summed E-state index contributed by atoms with van der Waals surface area (Å²) in [5, 5.41) is 13.0. The van der Waals surface area contributed by atoms with Crippen LogP contribution in [0.5, 0.6) is 0 Å². The molecule has 198 valence electrons. The highest BCUT2D eigenvalue weighted by Gasteiger charge is 2.32. The van der Waals surface area contributed by atoms with Gasteiger partial charge < -0.3 is 15.0 Å². The van der Waals surface area contributed by atoms with E-state index in [-0.39, 0.29) is 12.3 Å². The van der Waals surface area contributed by atoms with Crippen molar-refractivity contribution in [3.05, 3.63) is 107 Å². The highest BCUT2D eigenvalue weighted by Crippen LogP contribution is 2.23. The molecule has 7 heteroatoms. The van der Waals surface area contributed by atoms with Gasteiger partial charge >= 0.3 is 5.97 Å². The molecule has 3 N–H and O–H groups in total. The van der Waals surface area contributed by atoms with Gasteiger partial charge in [0.05, 0.1) is 0 Å². The van der Waals surface area contributed by atoms with E-state index in [2.05, 4.69) is 10.4 Å². The van der Waals surface area contributed by atoms with Crippen LogP contribution in [0.4, 0.5) is 0 Å². The van der Waals surface area contributed by atoms with Gasteiger partial charge in [-0.05, 0) is 36.1 Å². The van der Waals surface area contributed by atoms with Crippen molar-refractivity contribution in [1.29, 1.82) is 0 Å². The third-order valence-electron chi connectivity index (χ3n) is 6.97. The summed E-state index contributed by atoms with van der Waals surface area (Å²) in [6.07, 6.45) is 0.742. The van der Waals surface area contributed by atoms with Gasteiger partial charge in [0.1, 0.15) is 12.1 Å². The van der Waals surface area contributed by atoms with Crippen LogP contribution in [-0.4, -0.2) is 57.6 Å². The fraction of sp³-hybridized carbons (Fsp3) is 0.290. The number of carboxylic acids is 1. The number of fused-ring (bicyclic) bond motifs is 1. The first-order valence-electron chi connectivity index (χ1n) is 13.0. The topological polar surface area (TPSA) is 88.7 Å². The summed E-state index contributed by atoms with van der Waals surface area (Å²) in [5.41, 5.74) is 8.17. The van der Waals surface area contributed by atoms with Crippen molar-refractivity contribution in [1.82, 2.24) is 20.3 Å². The maximum Gasteiger partial charge on any atom is 0.322 e. The number of rotatable bonds is 12. The smallest absolute Gasteiger partial charge is 0.322 e. The monoisotopic (exact) mass is 512 g/mol. The van der Waals surface area contributed by atoms with Gasteiger partial charge in [-0.25, -0.2) is 10.4 Å². The summed E-state index contributed by atoms with van der Waals surface area (Å²) in [6.45, 7) is 4.83. The lowest BCUT2D eigenvalue weighted by Gasteiger charge is -2.35. The highest BCUT2D eigenvalue weighted by atomic mass is 16.4. The quantitative estimate of drug-likeness (QED) is 0.242. The van der Waals surface area contributed by atoms with Crippen LogP contribution in [0.2, 0.25) is 0 Å². The Kier molecular flexibility index (Phi) is 8.94. The maximum atomic E-state index is 13.8. The minimum atomic E-state index is -0.961. The van der Waals surface area contributed by atoms with Crippen molar-refractivity contribution < 1.29 is 14.7 Å². The van der Waals surface area contributed by atoms with Gasteiger partial charge in [0.25, 0.3) is 0 Å². The van der Waals surface area contributed by atoms with E-state index in [0.29, 0.717) is 19.5 Å². The molecule has 0 aliphatic carbocycles. The molecule has 1 amide bonds. The van der Waals surface area contributed by atoms with Crippen molar-refractivity contribution in [2.45, 2.75) is 45.3 Å². The van der Waals surface area contributed by atoms with Crippen molar-refractivity contribution in [2.75, 3.05) is 13.6 Å². The van der Waals surface area contributed by atoms with Crippen LogP contribution in [0.3, 0.4) is 0 Å². The van der Waals surface area contributed by atoms with Gasteiger partial charge in [0.2, 0.25) is 5.91 Å². The van der Waals surface area contributed by atoms with Crippen molar-refractivity contribution >= 4 is 22.8 Å². The van der Waals surface area contributed by atoms with Gasteiger partial charge in [0, 0.05) is 43.2 Å². The second-order valence-corrected chi connectivity index (χ2v) is 9.67. The number of aryl methyl sites for hydroxylation is 1. The first-order chi connectivity index (χ1) is 18.4. The molecule has 0 aliphatic rings. The van der Waals surface area contributed by atoms with Crippen molar-refractivity contribution in [3.63, 3.8) is 0 Å². The molecule has 0 saturated heterocycles. The Bertz CT molecular complexity index is 1350. The maximum absolute atomic E-state index is 13.8. The normalized spacial score (nSPS) is 12.9. The molecule has 0 spiro atoms. The molecule has 7 nitrogen and oxygen atoms in total. The van der Waals surface area contributed by atoms with E-state index in [1.54, 1.807) is 17.0 Å². The van der Waals surface area contributed by atoms with Gasteiger partial charge in [-0.1, -0.05) is 85.8 Å². The Labute approximate surface area is 224 Å². The van der Waals surface area contributed by atoms with Crippen LogP contribution >= 0.6 is 0 Å². The van der Waals surface area contributed by atoms with Crippen LogP contribution in [0.1, 0.15) is 29.3 Å². The molecular formula is C31H36N4O3.